The second-order valence-corrected chi connectivity index (χ2v) is 6.87. The van der Waals surface area contributed by atoms with E-state index >= 15 is 0 Å². The second-order valence-electron chi connectivity index (χ2n) is 6.87. The molecule has 2 heterocycles. The molecule has 0 amide bonds. The zero-order valence-corrected chi connectivity index (χ0v) is 16.0. The van der Waals surface area contributed by atoms with Crippen LogP contribution in [0, 0.1) is 0 Å². The van der Waals surface area contributed by atoms with Crippen molar-refractivity contribution in [2.24, 2.45) is 0 Å². The summed E-state index contributed by atoms with van der Waals surface area (Å²) in [5.41, 5.74) is 2.41. The zero-order chi connectivity index (χ0) is 21.7. The zero-order valence-electron chi connectivity index (χ0n) is 16.0. The highest BCUT2D eigenvalue weighted by atomic mass is 19.4. The molecule has 1 aromatic carbocycles. The first-order chi connectivity index (χ1) is 14.2. The molecule has 158 valence electrons. The van der Waals surface area contributed by atoms with E-state index in [9.17, 15) is 22.4 Å². The minimum absolute atomic E-state index is 0.0318. The number of hydrogen-bond acceptors (Lipinski definition) is 4. The van der Waals surface area contributed by atoms with Crippen LogP contribution in [0.4, 0.5) is 17.6 Å². The van der Waals surface area contributed by atoms with E-state index < -0.39 is 30.7 Å². The van der Waals surface area contributed by atoms with E-state index in [1.54, 1.807) is 43.6 Å². The average Bonchev–Trinajstić information content (AvgIpc) is 3.26. The number of rotatable bonds is 8. The van der Waals surface area contributed by atoms with Crippen molar-refractivity contribution in [3.05, 3.63) is 66.2 Å². The standard InChI is InChI=1S/C21H19F4N3O2/c1-13(18-7-6-17(11-26-18)30-12-21(23,24)25)8-19(29)20(22)15-4-2-14(3-5-15)16-9-27-28-10-16/h2-7,9-11,13,20H,8,12H2,1H3,(H,27,28). The number of alkyl halides is 4. The topological polar surface area (TPSA) is 67.9 Å². The van der Waals surface area contributed by atoms with Gasteiger partial charge in [-0.2, -0.15) is 18.3 Å². The van der Waals surface area contributed by atoms with Gasteiger partial charge in [0, 0.05) is 29.8 Å². The minimum atomic E-state index is -4.44. The summed E-state index contributed by atoms with van der Waals surface area (Å²) in [4.78, 5) is 16.4. The lowest BCUT2D eigenvalue weighted by Gasteiger charge is -2.14. The van der Waals surface area contributed by atoms with Crippen LogP contribution in [0.25, 0.3) is 11.1 Å². The summed E-state index contributed by atoms with van der Waals surface area (Å²) in [7, 11) is 0. The van der Waals surface area contributed by atoms with E-state index in [2.05, 4.69) is 19.9 Å². The number of Topliss-reactive ketones (excluding diaryl/α,β-unsaturated/α-hetero) is 1. The fraction of sp³-hybridized carbons (Fsp3) is 0.286. The number of benzene rings is 1. The average molecular weight is 421 g/mol. The molecule has 0 saturated heterocycles. The van der Waals surface area contributed by atoms with Gasteiger partial charge in [0.2, 0.25) is 0 Å². The fourth-order valence-electron chi connectivity index (χ4n) is 2.88. The lowest BCUT2D eigenvalue weighted by Crippen LogP contribution is -2.19. The van der Waals surface area contributed by atoms with Crippen molar-refractivity contribution in [3.8, 4) is 16.9 Å². The molecule has 2 atom stereocenters. The van der Waals surface area contributed by atoms with Crippen molar-refractivity contribution in [2.75, 3.05) is 6.61 Å². The van der Waals surface area contributed by atoms with Gasteiger partial charge in [-0.15, -0.1) is 0 Å². The van der Waals surface area contributed by atoms with Gasteiger partial charge in [0.1, 0.15) is 5.75 Å². The van der Waals surface area contributed by atoms with Crippen LogP contribution >= 0.6 is 0 Å². The van der Waals surface area contributed by atoms with Gasteiger partial charge >= 0.3 is 6.18 Å². The number of halogens is 4. The molecule has 0 radical (unpaired) electrons. The van der Waals surface area contributed by atoms with E-state index in [1.165, 1.54) is 12.1 Å². The quantitative estimate of drug-likeness (QED) is 0.509. The van der Waals surface area contributed by atoms with Crippen LogP contribution in [0.3, 0.4) is 0 Å². The Morgan fingerprint density at radius 2 is 1.83 bits per heavy atom. The normalized spacial score (nSPS) is 13.6. The highest BCUT2D eigenvalue weighted by Gasteiger charge is 2.28. The van der Waals surface area contributed by atoms with Crippen LogP contribution in [0.1, 0.15) is 36.7 Å². The summed E-state index contributed by atoms with van der Waals surface area (Å²) in [6.07, 6.45) is -1.81. The molecule has 30 heavy (non-hydrogen) atoms. The summed E-state index contributed by atoms with van der Waals surface area (Å²) in [5, 5.41) is 6.55. The molecule has 0 spiro atoms. The van der Waals surface area contributed by atoms with Gasteiger partial charge in [0.25, 0.3) is 0 Å². The lowest BCUT2D eigenvalue weighted by molar-refractivity contribution is -0.153. The SMILES string of the molecule is CC(CC(=O)C(F)c1ccc(-c2cn[nH]c2)cc1)c1ccc(OCC(F)(F)F)cn1. The maximum atomic E-state index is 14.6. The Morgan fingerprint density at radius 1 is 1.10 bits per heavy atom. The highest BCUT2D eigenvalue weighted by Crippen LogP contribution is 2.28. The molecule has 0 aliphatic rings. The summed E-state index contributed by atoms with van der Waals surface area (Å²) in [5.74, 6) is -1.04. The Labute approximate surface area is 170 Å². The Kier molecular flexibility index (Phi) is 6.49. The van der Waals surface area contributed by atoms with Crippen LogP contribution in [0.15, 0.2) is 55.0 Å². The van der Waals surface area contributed by atoms with Crippen LogP contribution in [-0.2, 0) is 4.79 Å². The smallest absolute Gasteiger partial charge is 0.422 e. The van der Waals surface area contributed by atoms with Crippen LogP contribution in [0.5, 0.6) is 5.75 Å². The predicted molar refractivity (Wildman–Crippen MR) is 102 cm³/mol. The van der Waals surface area contributed by atoms with Gasteiger partial charge in [-0.1, -0.05) is 31.2 Å². The number of nitrogens with one attached hydrogen (secondary N) is 1. The summed E-state index contributed by atoms with van der Waals surface area (Å²) >= 11 is 0. The molecule has 0 aliphatic carbocycles. The van der Waals surface area contributed by atoms with Crippen molar-refractivity contribution >= 4 is 5.78 Å². The van der Waals surface area contributed by atoms with Gasteiger partial charge in [-0.3, -0.25) is 14.9 Å². The number of ether oxygens (including phenoxy) is 1. The molecule has 0 aliphatic heterocycles. The van der Waals surface area contributed by atoms with Crippen LogP contribution in [-0.4, -0.2) is 33.7 Å². The number of carbonyl (C=O) groups is 1. The van der Waals surface area contributed by atoms with Gasteiger partial charge in [-0.05, 0) is 23.3 Å². The molecular formula is C21H19F4N3O2. The maximum Gasteiger partial charge on any atom is 0.422 e. The van der Waals surface area contributed by atoms with Crippen molar-refractivity contribution in [1.29, 1.82) is 0 Å². The van der Waals surface area contributed by atoms with E-state index in [-0.39, 0.29) is 17.7 Å². The Balaban J connectivity index is 1.58. The molecule has 9 heteroatoms. The monoisotopic (exact) mass is 421 g/mol. The number of nitrogens with zero attached hydrogens (tertiary/aromatic N) is 2. The third kappa shape index (κ3) is 5.65. The molecule has 2 unspecified atom stereocenters. The highest BCUT2D eigenvalue weighted by molar-refractivity contribution is 5.85. The maximum absolute atomic E-state index is 14.6. The van der Waals surface area contributed by atoms with Crippen molar-refractivity contribution in [3.63, 3.8) is 0 Å². The van der Waals surface area contributed by atoms with Gasteiger partial charge < -0.3 is 4.74 Å². The third-order valence-electron chi connectivity index (χ3n) is 4.49. The van der Waals surface area contributed by atoms with E-state index in [1.807, 2.05) is 0 Å². The molecule has 2 aromatic heterocycles. The lowest BCUT2D eigenvalue weighted by atomic mass is 9.95. The summed E-state index contributed by atoms with van der Waals surface area (Å²) in [6.45, 7) is 0.288. The van der Waals surface area contributed by atoms with Gasteiger partial charge in [-0.25, -0.2) is 4.39 Å². The number of ketones is 1. The first-order valence-corrected chi connectivity index (χ1v) is 9.14. The van der Waals surface area contributed by atoms with Gasteiger partial charge in [0.05, 0.1) is 12.4 Å². The van der Waals surface area contributed by atoms with E-state index in [0.717, 1.165) is 17.3 Å². The van der Waals surface area contributed by atoms with E-state index in [4.69, 9.17) is 0 Å². The third-order valence-corrected chi connectivity index (χ3v) is 4.49. The first-order valence-electron chi connectivity index (χ1n) is 9.14. The molecular weight excluding hydrogens is 402 g/mol. The predicted octanol–water partition coefficient (Wildman–Crippen LogP) is 5.19. The molecule has 3 aromatic rings. The van der Waals surface area contributed by atoms with Crippen LogP contribution < -0.4 is 4.74 Å². The number of H-pyrrole nitrogens is 1. The Bertz CT molecular complexity index is 955. The summed E-state index contributed by atoms with van der Waals surface area (Å²) < 4.78 is 55.8. The minimum Gasteiger partial charge on any atom is -0.483 e. The molecule has 0 saturated carbocycles. The van der Waals surface area contributed by atoms with Crippen molar-refractivity contribution in [1.82, 2.24) is 15.2 Å². The molecule has 5 nitrogen and oxygen atoms in total. The molecule has 0 bridgehead atoms. The number of hydrogen-bond donors (Lipinski definition) is 1. The molecule has 1 N–H and O–H groups in total. The Hall–Kier alpha value is -3.23. The van der Waals surface area contributed by atoms with Crippen molar-refractivity contribution < 1.29 is 27.1 Å². The number of pyridine rings is 1. The summed E-state index contributed by atoms with van der Waals surface area (Å²) in [6, 6.07) is 9.35. The molecule has 0 fully saturated rings. The van der Waals surface area contributed by atoms with E-state index in [0.29, 0.717) is 5.69 Å². The largest absolute Gasteiger partial charge is 0.483 e. The Morgan fingerprint density at radius 3 is 2.40 bits per heavy atom. The number of carbonyl (C=O) groups excluding carboxylic acids is 1. The van der Waals surface area contributed by atoms with Gasteiger partial charge in [0.15, 0.2) is 18.6 Å². The van der Waals surface area contributed by atoms with Crippen LogP contribution in [0.2, 0.25) is 0 Å². The van der Waals surface area contributed by atoms with Crippen molar-refractivity contribution in [2.45, 2.75) is 31.6 Å². The fourth-order valence-corrected chi connectivity index (χ4v) is 2.88. The first kappa shape index (κ1) is 21.5. The second kappa shape index (κ2) is 9.06. The number of aromatic amines is 1. The number of aromatic nitrogens is 3. The molecule has 3 rings (SSSR count).